The number of hydrogen-bond donors (Lipinski definition) is 2. The minimum Gasteiger partial charge on any atom is -0.372 e. The lowest BCUT2D eigenvalue weighted by Crippen LogP contribution is -2.49. The van der Waals surface area contributed by atoms with Gasteiger partial charge in [0.1, 0.15) is 0 Å². The molecule has 1 fully saturated rings. The van der Waals surface area contributed by atoms with Gasteiger partial charge in [-0.2, -0.15) is 0 Å². The number of rotatable bonds is 4. The van der Waals surface area contributed by atoms with Crippen LogP contribution in [0.5, 0.6) is 0 Å². The Bertz CT molecular complexity index is 881. The third-order valence-electron chi connectivity index (χ3n) is 3.91. The Labute approximate surface area is 164 Å². The predicted octanol–water partition coefficient (Wildman–Crippen LogP) is 2.08. The van der Waals surface area contributed by atoms with Crippen LogP contribution in [0.3, 0.4) is 0 Å². The van der Waals surface area contributed by atoms with Crippen LogP contribution in [0.25, 0.3) is 0 Å². The van der Waals surface area contributed by atoms with Crippen molar-refractivity contribution in [1.29, 1.82) is 0 Å². The van der Waals surface area contributed by atoms with Crippen molar-refractivity contribution >= 4 is 39.0 Å². The molecule has 0 spiro atoms. The molecular formula is C17H21N5O3S2. The van der Waals surface area contributed by atoms with Crippen molar-refractivity contribution in [3.8, 4) is 0 Å². The van der Waals surface area contributed by atoms with Crippen LogP contribution in [0.4, 0.5) is 11.6 Å². The lowest BCUT2D eigenvalue weighted by Gasteiger charge is -2.36. The van der Waals surface area contributed by atoms with Gasteiger partial charge in [0.15, 0.2) is 5.11 Å². The van der Waals surface area contributed by atoms with Crippen molar-refractivity contribution in [2.24, 2.45) is 0 Å². The summed E-state index contributed by atoms with van der Waals surface area (Å²) in [6.07, 6.45) is 3.14. The predicted molar refractivity (Wildman–Crippen MR) is 107 cm³/mol. The van der Waals surface area contributed by atoms with E-state index in [-0.39, 0.29) is 23.1 Å². The van der Waals surface area contributed by atoms with Crippen LogP contribution in [-0.2, 0) is 14.8 Å². The first kappa shape index (κ1) is 19.5. The Morgan fingerprint density at radius 1 is 1.15 bits per heavy atom. The average molecular weight is 408 g/mol. The molecule has 0 aliphatic carbocycles. The van der Waals surface area contributed by atoms with Crippen molar-refractivity contribution in [1.82, 2.24) is 14.9 Å². The third kappa shape index (κ3) is 5.12. The number of morpholine rings is 1. The molecule has 8 nitrogen and oxygen atoms in total. The fourth-order valence-electron chi connectivity index (χ4n) is 2.79. The number of aromatic nitrogens is 2. The van der Waals surface area contributed by atoms with Gasteiger partial charge in [0, 0.05) is 31.2 Å². The van der Waals surface area contributed by atoms with Crippen LogP contribution in [0, 0.1) is 0 Å². The first-order valence-electron chi connectivity index (χ1n) is 8.45. The second-order valence-corrected chi connectivity index (χ2v) is 8.36. The highest BCUT2D eigenvalue weighted by molar-refractivity contribution is 7.92. The smallest absolute Gasteiger partial charge is 0.264 e. The van der Waals surface area contributed by atoms with Gasteiger partial charge < -0.3 is 15.0 Å². The Kier molecular flexibility index (Phi) is 5.88. The van der Waals surface area contributed by atoms with Crippen LogP contribution in [-0.4, -0.2) is 53.7 Å². The topological polar surface area (TPSA) is 96.5 Å². The van der Waals surface area contributed by atoms with E-state index in [0.29, 0.717) is 23.9 Å². The van der Waals surface area contributed by atoms with E-state index in [1.807, 2.05) is 18.7 Å². The molecule has 1 aliphatic heterocycles. The third-order valence-corrected chi connectivity index (χ3v) is 5.62. The van der Waals surface area contributed by atoms with Gasteiger partial charge >= 0.3 is 0 Å². The molecule has 2 N–H and O–H groups in total. The van der Waals surface area contributed by atoms with Gasteiger partial charge in [-0.25, -0.2) is 23.1 Å². The summed E-state index contributed by atoms with van der Waals surface area (Å²) in [5, 5.41) is 3.73. The zero-order chi connectivity index (χ0) is 19.4. The zero-order valence-electron chi connectivity index (χ0n) is 15.0. The average Bonchev–Trinajstić information content (AvgIpc) is 2.62. The molecule has 144 valence electrons. The van der Waals surface area contributed by atoms with E-state index in [1.165, 1.54) is 24.5 Å². The number of hydrogen-bond acceptors (Lipinski definition) is 6. The highest BCUT2D eigenvalue weighted by Gasteiger charge is 2.24. The van der Waals surface area contributed by atoms with Crippen molar-refractivity contribution in [3.05, 3.63) is 42.7 Å². The van der Waals surface area contributed by atoms with Gasteiger partial charge in [-0.1, -0.05) is 0 Å². The molecule has 1 aliphatic rings. The molecule has 2 atom stereocenters. The molecule has 0 unspecified atom stereocenters. The molecular weight excluding hydrogens is 386 g/mol. The zero-order valence-corrected chi connectivity index (χ0v) is 16.6. The molecule has 27 heavy (non-hydrogen) atoms. The maximum absolute atomic E-state index is 12.4. The number of ether oxygens (including phenoxy) is 1. The molecule has 0 amide bonds. The molecule has 0 bridgehead atoms. The summed E-state index contributed by atoms with van der Waals surface area (Å²) >= 11 is 5.47. The Hall–Kier alpha value is -2.30. The molecule has 1 aromatic heterocycles. The summed E-state index contributed by atoms with van der Waals surface area (Å²) in [7, 11) is -3.76. The standard InChI is InChI=1S/C17H21N5O3S2/c1-12-10-22(11-13(2)25-12)17(26)20-14-4-6-15(7-5-14)27(23,24)21-16-18-8-3-9-19-16/h3-9,12-13H,10-11H2,1-2H3,(H,20,26)(H,18,19,21)/t12-,13-/m1/s1. The molecule has 3 rings (SSSR count). The van der Waals surface area contributed by atoms with E-state index in [4.69, 9.17) is 17.0 Å². The summed E-state index contributed by atoms with van der Waals surface area (Å²) in [6.45, 7) is 5.44. The number of nitrogens with zero attached hydrogens (tertiary/aromatic N) is 3. The molecule has 1 saturated heterocycles. The quantitative estimate of drug-likeness (QED) is 0.744. The minimum atomic E-state index is -3.76. The molecule has 2 aromatic rings. The lowest BCUT2D eigenvalue weighted by molar-refractivity contribution is -0.0473. The summed E-state index contributed by atoms with van der Waals surface area (Å²) in [5.74, 6) is 0.0245. The van der Waals surface area contributed by atoms with E-state index in [0.717, 1.165) is 0 Å². The number of benzene rings is 1. The Balaban J connectivity index is 1.65. The van der Waals surface area contributed by atoms with E-state index >= 15 is 0 Å². The number of thiocarbonyl (C=S) groups is 1. The highest BCUT2D eigenvalue weighted by atomic mass is 32.2. The molecule has 1 aromatic carbocycles. The minimum absolute atomic E-state index is 0.0245. The SMILES string of the molecule is C[C@@H]1CN(C(=S)Nc2ccc(S(=O)(=O)Nc3ncccn3)cc2)C[C@@H](C)O1. The fourth-order valence-corrected chi connectivity index (χ4v) is 4.02. The Morgan fingerprint density at radius 2 is 1.74 bits per heavy atom. The van der Waals surface area contributed by atoms with Crippen LogP contribution >= 0.6 is 12.2 Å². The van der Waals surface area contributed by atoms with Crippen LogP contribution < -0.4 is 10.0 Å². The largest absolute Gasteiger partial charge is 0.372 e. The summed E-state index contributed by atoms with van der Waals surface area (Å²) in [5.41, 5.74) is 0.710. The van der Waals surface area contributed by atoms with Gasteiger partial charge in [0.25, 0.3) is 10.0 Å². The first-order chi connectivity index (χ1) is 12.8. The molecule has 0 radical (unpaired) electrons. The number of anilines is 2. The number of nitrogens with one attached hydrogen (secondary N) is 2. The molecule has 2 heterocycles. The van der Waals surface area contributed by atoms with Gasteiger partial charge in [-0.05, 0) is 56.4 Å². The van der Waals surface area contributed by atoms with Gasteiger partial charge in [-0.3, -0.25) is 0 Å². The van der Waals surface area contributed by atoms with E-state index in [9.17, 15) is 8.42 Å². The van der Waals surface area contributed by atoms with Gasteiger partial charge in [0.2, 0.25) is 5.95 Å². The lowest BCUT2D eigenvalue weighted by atomic mass is 10.2. The van der Waals surface area contributed by atoms with E-state index < -0.39 is 10.0 Å². The number of sulfonamides is 1. The monoisotopic (exact) mass is 407 g/mol. The van der Waals surface area contributed by atoms with Crippen molar-refractivity contribution in [2.45, 2.75) is 31.0 Å². The second kappa shape index (κ2) is 8.15. The summed E-state index contributed by atoms with van der Waals surface area (Å²) < 4.78 is 32.8. The maximum Gasteiger partial charge on any atom is 0.264 e. The van der Waals surface area contributed by atoms with Crippen LogP contribution in [0.1, 0.15) is 13.8 Å². The van der Waals surface area contributed by atoms with Crippen LogP contribution in [0.2, 0.25) is 0 Å². The first-order valence-corrected chi connectivity index (χ1v) is 10.3. The normalized spacial score (nSPS) is 20.1. The van der Waals surface area contributed by atoms with E-state index in [2.05, 4.69) is 20.0 Å². The van der Waals surface area contributed by atoms with E-state index in [1.54, 1.807) is 18.2 Å². The molecule has 0 saturated carbocycles. The van der Waals surface area contributed by atoms with Crippen molar-refractivity contribution < 1.29 is 13.2 Å². The maximum atomic E-state index is 12.4. The summed E-state index contributed by atoms with van der Waals surface area (Å²) in [6, 6.07) is 7.94. The fraction of sp³-hybridized carbons (Fsp3) is 0.353. The van der Waals surface area contributed by atoms with Gasteiger partial charge in [0.05, 0.1) is 17.1 Å². The summed E-state index contributed by atoms with van der Waals surface area (Å²) in [4.78, 5) is 9.89. The van der Waals surface area contributed by atoms with Crippen molar-refractivity contribution in [3.63, 3.8) is 0 Å². The second-order valence-electron chi connectivity index (χ2n) is 6.29. The highest BCUT2D eigenvalue weighted by Crippen LogP contribution is 2.18. The van der Waals surface area contributed by atoms with Crippen molar-refractivity contribution in [2.75, 3.05) is 23.1 Å². The Morgan fingerprint density at radius 3 is 2.33 bits per heavy atom. The van der Waals surface area contributed by atoms with Crippen LogP contribution in [0.15, 0.2) is 47.6 Å². The van der Waals surface area contributed by atoms with Gasteiger partial charge in [-0.15, -0.1) is 0 Å². The molecule has 10 heteroatoms.